The van der Waals surface area contributed by atoms with Crippen LogP contribution in [0.25, 0.3) is 0 Å². The SMILES string of the molecule is Cl.N#CC(Cl)(C(F)(F)F)C(F)(F)F. The number of nitriles is 1. The van der Waals surface area contributed by atoms with Crippen LogP contribution in [0.15, 0.2) is 0 Å². The van der Waals surface area contributed by atoms with Crippen molar-refractivity contribution in [2.75, 3.05) is 0 Å². The van der Waals surface area contributed by atoms with Gasteiger partial charge in [0.05, 0.1) is 0 Å². The van der Waals surface area contributed by atoms with E-state index in [1.807, 2.05) is 0 Å². The second kappa shape index (κ2) is 3.80. The maximum absolute atomic E-state index is 11.5. The van der Waals surface area contributed by atoms with Gasteiger partial charge in [-0.15, -0.1) is 12.4 Å². The van der Waals surface area contributed by atoms with Crippen LogP contribution in [-0.2, 0) is 0 Å². The van der Waals surface area contributed by atoms with Crippen molar-refractivity contribution in [3.05, 3.63) is 0 Å². The van der Waals surface area contributed by atoms with Crippen molar-refractivity contribution in [1.29, 1.82) is 5.26 Å². The third-order valence-corrected chi connectivity index (χ3v) is 1.45. The second-order valence-corrected chi connectivity index (χ2v) is 2.33. The zero-order valence-corrected chi connectivity index (χ0v) is 7.07. The quantitative estimate of drug-likeness (QED) is 0.477. The normalized spacial score (nSPS) is 13.1. The zero-order chi connectivity index (χ0) is 10.2. The molecule has 0 radical (unpaired) electrons. The number of hydrogen-bond acceptors (Lipinski definition) is 1. The Bertz CT molecular complexity index is 198. The summed E-state index contributed by atoms with van der Waals surface area (Å²) in [6.45, 7) is 0. The summed E-state index contributed by atoms with van der Waals surface area (Å²) in [6, 6.07) is -0.0262. The Morgan fingerprint density at radius 2 is 1.15 bits per heavy atom. The molecule has 78 valence electrons. The highest BCUT2D eigenvalue weighted by Gasteiger charge is 2.71. The van der Waals surface area contributed by atoms with E-state index in [1.165, 1.54) is 0 Å². The van der Waals surface area contributed by atoms with Gasteiger partial charge in [0.25, 0.3) is 0 Å². The van der Waals surface area contributed by atoms with Crippen molar-refractivity contribution in [2.45, 2.75) is 17.2 Å². The molecule has 0 unspecified atom stereocenters. The Balaban J connectivity index is 0. The lowest BCUT2D eigenvalue weighted by molar-refractivity contribution is -0.250. The molecule has 13 heavy (non-hydrogen) atoms. The minimum absolute atomic E-state index is 0. The van der Waals surface area contributed by atoms with Gasteiger partial charge in [-0.2, -0.15) is 31.6 Å². The monoisotopic (exact) mass is 247 g/mol. The predicted molar refractivity (Wildman–Crippen MR) is 33.6 cm³/mol. The van der Waals surface area contributed by atoms with Crippen LogP contribution in [-0.4, -0.2) is 17.2 Å². The summed E-state index contributed by atoms with van der Waals surface area (Å²) >= 11 is 4.06. The second-order valence-electron chi connectivity index (χ2n) is 1.77. The van der Waals surface area contributed by atoms with Gasteiger partial charge >= 0.3 is 17.2 Å². The van der Waals surface area contributed by atoms with Crippen LogP contribution in [0.1, 0.15) is 0 Å². The average molecular weight is 248 g/mol. The third-order valence-electron chi connectivity index (χ3n) is 0.935. The minimum Gasteiger partial charge on any atom is -0.196 e. The number of halogens is 8. The van der Waals surface area contributed by atoms with E-state index in [0.717, 1.165) is 0 Å². The number of alkyl halides is 7. The van der Waals surface area contributed by atoms with E-state index in [1.54, 1.807) is 0 Å². The Hall–Kier alpha value is -0.350. The molecule has 9 heteroatoms. The van der Waals surface area contributed by atoms with E-state index in [-0.39, 0.29) is 18.5 Å². The molecule has 0 aliphatic rings. The summed E-state index contributed by atoms with van der Waals surface area (Å²) in [5.41, 5.74) is 0. The lowest BCUT2D eigenvalue weighted by atomic mass is 10.1. The smallest absolute Gasteiger partial charge is 0.196 e. The fraction of sp³-hybridized carbons (Fsp3) is 0.750. The summed E-state index contributed by atoms with van der Waals surface area (Å²) in [6.07, 6.45) is -11.7. The van der Waals surface area contributed by atoms with Gasteiger partial charge in [0.15, 0.2) is 0 Å². The molecule has 0 aromatic heterocycles. The molecule has 0 aromatic carbocycles. The molecule has 0 spiro atoms. The van der Waals surface area contributed by atoms with Crippen LogP contribution >= 0.6 is 24.0 Å². The summed E-state index contributed by atoms with van der Waals surface area (Å²) in [5.74, 6) is 0. The first kappa shape index (κ1) is 15.1. The number of nitrogens with zero attached hydrogens (tertiary/aromatic N) is 1. The van der Waals surface area contributed by atoms with Crippen molar-refractivity contribution in [3.63, 3.8) is 0 Å². The van der Waals surface area contributed by atoms with Crippen LogP contribution in [0.5, 0.6) is 0 Å². The fourth-order valence-corrected chi connectivity index (χ4v) is 0.287. The van der Waals surface area contributed by atoms with E-state index in [9.17, 15) is 26.3 Å². The van der Waals surface area contributed by atoms with Crippen LogP contribution < -0.4 is 0 Å². The molecule has 0 aromatic rings. The molecular formula is C4HCl2F6N. The molecule has 0 aliphatic carbocycles. The van der Waals surface area contributed by atoms with Crippen molar-refractivity contribution >= 4 is 24.0 Å². The standard InChI is InChI=1S/C4ClF6N.ClH/c5-2(1-12,3(6,7)8)4(9,10)11;/h;1H. The van der Waals surface area contributed by atoms with Crippen molar-refractivity contribution < 1.29 is 26.3 Å². The Labute approximate surface area is 79.7 Å². The number of rotatable bonds is 0. The Morgan fingerprint density at radius 3 is 1.15 bits per heavy atom. The van der Waals surface area contributed by atoms with Gasteiger partial charge in [-0.1, -0.05) is 11.6 Å². The highest BCUT2D eigenvalue weighted by atomic mass is 35.5. The van der Waals surface area contributed by atoms with Gasteiger partial charge in [0, 0.05) is 0 Å². The van der Waals surface area contributed by atoms with Gasteiger partial charge in [-0.3, -0.25) is 0 Å². The van der Waals surface area contributed by atoms with Crippen LogP contribution in [0.2, 0.25) is 0 Å². The first-order valence-electron chi connectivity index (χ1n) is 2.30. The molecule has 0 amide bonds. The fourth-order valence-electron chi connectivity index (χ4n) is 0.287. The van der Waals surface area contributed by atoms with E-state index in [4.69, 9.17) is 5.26 Å². The Kier molecular flexibility index (Phi) is 4.42. The van der Waals surface area contributed by atoms with Crippen molar-refractivity contribution in [3.8, 4) is 6.07 Å². The van der Waals surface area contributed by atoms with E-state index >= 15 is 0 Å². The maximum atomic E-state index is 11.5. The first-order valence-corrected chi connectivity index (χ1v) is 2.67. The largest absolute Gasteiger partial charge is 0.430 e. The summed E-state index contributed by atoms with van der Waals surface area (Å²) in [5, 5.41) is 7.63. The van der Waals surface area contributed by atoms with Crippen LogP contribution in [0.4, 0.5) is 26.3 Å². The lowest BCUT2D eigenvalue weighted by Crippen LogP contribution is -2.50. The molecule has 0 saturated heterocycles. The van der Waals surface area contributed by atoms with Gasteiger partial charge in [-0.05, 0) is 0 Å². The molecule has 0 atom stereocenters. The van der Waals surface area contributed by atoms with Crippen LogP contribution in [0.3, 0.4) is 0 Å². The summed E-state index contributed by atoms with van der Waals surface area (Å²) in [4.78, 5) is -4.81. The van der Waals surface area contributed by atoms with Gasteiger partial charge in [-0.25, -0.2) is 0 Å². The van der Waals surface area contributed by atoms with E-state index in [2.05, 4.69) is 11.6 Å². The van der Waals surface area contributed by atoms with E-state index in [0.29, 0.717) is 0 Å². The Morgan fingerprint density at radius 1 is 0.923 bits per heavy atom. The topological polar surface area (TPSA) is 23.8 Å². The highest BCUT2D eigenvalue weighted by molar-refractivity contribution is 6.27. The molecule has 0 saturated carbocycles. The zero-order valence-electron chi connectivity index (χ0n) is 5.50. The van der Waals surface area contributed by atoms with Gasteiger partial charge < -0.3 is 0 Å². The molecule has 0 bridgehead atoms. The molecule has 0 rings (SSSR count). The number of hydrogen-bond donors (Lipinski definition) is 0. The minimum atomic E-state index is -5.83. The van der Waals surface area contributed by atoms with Crippen molar-refractivity contribution in [1.82, 2.24) is 0 Å². The summed E-state index contributed by atoms with van der Waals surface area (Å²) < 4.78 is 69.2. The van der Waals surface area contributed by atoms with Gasteiger partial charge in [0.1, 0.15) is 6.07 Å². The summed E-state index contributed by atoms with van der Waals surface area (Å²) in [7, 11) is 0. The van der Waals surface area contributed by atoms with Crippen molar-refractivity contribution in [2.24, 2.45) is 0 Å². The molecule has 1 nitrogen and oxygen atoms in total. The lowest BCUT2D eigenvalue weighted by Gasteiger charge is -2.24. The van der Waals surface area contributed by atoms with Gasteiger partial charge in [0.2, 0.25) is 0 Å². The molecule has 0 N–H and O–H groups in total. The maximum Gasteiger partial charge on any atom is 0.430 e. The van der Waals surface area contributed by atoms with E-state index < -0.39 is 17.2 Å². The highest BCUT2D eigenvalue weighted by Crippen LogP contribution is 2.47. The third kappa shape index (κ3) is 2.54. The average Bonchev–Trinajstić information content (AvgIpc) is 1.81. The predicted octanol–water partition coefficient (Wildman–Crippen LogP) is 3.03. The molecular weight excluding hydrogens is 247 g/mol. The molecule has 0 fully saturated rings. The molecule has 0 heterocycles. The van der Waals surface area contributed by atoms with Crippen LogP contribution in [0, 0.1) is 11.3 Å². The molecule has 0 aliphatic heterocycles. The first-order chi connectivity index (χ1) is 5.06.